The summed E-state index contributed by atoms with van der Waals surface area (Å²) in [5.41, 5.74) is -1.29. The summed E-state index contributed by atoms with van der Waals surface area (Å²) < 4.78 is 64.2. The highest BCUT2D eigenvalue weighted by molar-refractivity contribution is 14.1. The zero-order chi connectivity index (χ0) is 11.6. The number of ether oxygens (including phenoxy) is 1. The number of aromatic nitrogens is 1. The molecule has 0 aliphatic carbocycles. The number of pyridine rings is 1. The highest BCUT2D eigenvalue weighted by atomic mass is 127. The summed E-state index contributed by atoms with van der Waals surface area (Å²) >= 11 is 1.37. The summed E-state index contributed by atoms with van der Waals surface area (Å²) in [4.78, 5) is 3.12. The van der Waals surface area contributed by atoms with Crippen molar-refractivity contribution >= 4 is 22.6 Å². The molecule has 0 unspecified atom stereocenters. The number of hydrogen-bond donors (Lipinski definition) is 0. The number of nitrogens with zero attached hydrogens (tertiary/aromatic N) is 1. The first-order valence-electron chi connectivity index (χ1n) is 3.49. The van der Waals surface area contributed by atoms with Gasteiger partial charge in [-0.1, -0.05) is 0 Å². The minimum absolute atomic E-state index is 0.245. The summed E-state index contributed by atoms with van der Waals surface area (Å²) in [6.45, 7) is -3.34. The molecule has 0 bridgehead atoms. The first-order valence-corrected chi connectivity index (χ1v) is 4.56. The van der Waals surface area contributed by atoms with E-state index in [-0.39, 0.29) is 3.57 Å². The number of hydrogen-bond acceptors (Lipinski definition) is 2. The standard InChI is InChI=1S/C7H3F5INO/c8-6(9)15-5-4(7(10,11)12)3(13)1-2-14-5/h1-2,6H. The van der Waals surface area contributed by atoms with Crippen molar-refractivity contribution in [2.45, 2.75) is 12.8 Å². The van der Waals surface area contributed by atoms with Gasteiger partial charge in [0.05, 0.1) is 0 Å². The Hall–Kier alpha value is -0.670. The lowest BCUT2D eigenvalue weighted by atomic mass is 10.2. The van der Waals surface area contributed by atoms with Gasteiger partial charge in [0.1, 0.15) is 5.56 Å². The molecule has 1 aromatic rings. The first kappa shape index (κ1) is 12.4. The molecule has 0 aromatic carbocycles. The molecule has 8 heteroatoms. The quantitative estimate of drug-likeness (QED) is 0.609. The third-order valence-corrected chi connectivity index (χ3v) is 2.25. The fourth-order valence-electron chi connectivity index (χ4n) is 0.851. The second kappa shape index (κ2) is 4.45. The average molecular weight is 339 g/mol. The van der Waals surface area contributed by atoms with Crippen molar-refractivity contribution in [3.63, 3.8) is 0 Å². The fraction of sp³-hybridized carbons (Fsp3) is 0.286. The van der Waals surface area contributed by atoms with E-state index in [0.29, 0.717) is 0 Å². The summed E-state index contributed by atoms with van der Waals surface area (Å²) in [7, 11) is 0. The maximum absolute atomic E-state index is 12.4. The van der Waals surface area contributed by atoms with Crippen LogP contribution in [0, 0.1) is 3.57 Å². The Labute approximate surface area is 94.6 Å². The van der Waals surface area contributed by atoms with E-state index in [4.69, 9.17) is 0 Å². The largest absolute Gasteiger partial charge is 0.422 e. The highest BCUT2D eigenvalue weighted by Crippen LogP contribution is 2.38. The van der Waals surface area contributed by atoms with Crippen LogP contribution in [0.5, 0.6) is 5.88 Å². The van der Waals surface area contributed by atoms with Gasteiger partial charge in [0.25, 0.3) is 0 Å². The lowest BCUT2D eigenvalue weighted by molar-refractivity contribution is -0.143. The van der Waals surface area contributed by atoms with Crippen molar-refractivity contribution in [3.05, 3.63) is 21.4 Å². The van der Waals surface area contributed by atoms with Gasteiger partial charge in [0.15, 0.2) is 0 Å². The number of halogens is 6. The van der Waals surface area contributed by atoms with Crippen molar-refractivity contribution < 1.29 is 26.7 Å². The van der Waals surface area contributed by atoms with Crippen LogP contribution < -0.4 is 4.74 Å². The lowest BCUT2D eigenvalue weighted by Crippen LogP contribution is -2.14. The molecule has 0 atom stereocenters. The summed E-state index contributed by atoms with van der Waals surface area (Å²) in [5, 5.41) is 0. The first-order chi connectivity index (χ1) is 6.82. The van der Waals surface area contributed by atoms with Crippen molar-refractivity contribution in [2.75, 3.05) is 0 Å². The number of rotatable bonds is 2. The summed E-state index contributed by atoms with van der Waals surface area (Å²) in [5.74, 6) is -1.11. The van der Waals surface area contributed by atoms with Crippen LogP contribution in [0.1, 0.15) is 5.56 Å². The second-order valence-corrected chi connectivity index (χ2v) is 3.51. The van der Waals surface area contributed by atoms with E-state index in [1.807, 2.05) is 0 Å². The molecule has 1 heterocycles. The molecular formula is C7H3F5INO. The van der Waals surface area contributed by atoms with Crippen molar-refractivity contribution in [1.29, 1.82) is 0 Å². The van der Waals surface area contributed by atoms with Gasteiger partial charge in [-0.2, -0.15) is 22.0 Å². The SMILES string of the molecule is FC(F)Oc1nccc(I)c1C(F)(F)F. The van der Waals surface area contributed by atoms with Crippen LogP contribution in [-0.2, 0) is 6.18 Å². The third-order valence-electron chi connectivity index (χ3n) is 1.35. The fourth-order valence-corrected chi connectivity index (χ4v) is 1.55. The minimum Gasteiger partial charge on any atom is -0.416 e. The molecule has 0 aliphatic heterocycles. The Kier molecular flexibility index (Phi) is 3.68. The molecule has 0 saturated carbocycles. The summed E-state index contributed by atoms with van der Waals surface area (Å²) in [6.07, 6.45) is -3.80. The van der Waals surface area contributed by atoms with Gasteiger partial charge >= 0.3 is 12.8 Å². The molecule has 0 aliphatic rings. The predicted octanol–water partition coefficient (Wildman–Crippen LogP) is 3.31. The van der Waals surface area contributed by atoms with Crippen LogP contribution in [0.3, 0.4) is 0 Å². The zero-order valence-corrected chi connectivity index (χ0v) is 9.01. The Morgan fingerprint density at radius 3 is 2.40 bits per heavy atom. The molecule has 0 radical (unpaired) electrons. The van der Waals surface area contributed by atoms with Crippen molar-refractivity contribution in [3.8, 4) is 5.88 Å². The van der Waals surface area contributed by atoms with Gasteiger partial charge in [-0.25, -0.2) is 4.98 Å². The highest BCUT2D eigenvalue weighted by Gasteiger charge is 2.38. The maximum Gasteiger partial charge on any atom is 0.422 e. The Morgan fingerprint density at radius 1 is 1.33 bits per heavy atom. The molecule has 0 fully saturated rings. The van der Waals surface area contributed by atoms with Crippen LogP contribution in [0.2, 0.25) is 0 Å². The molecule has 15 heavy (non-hydrogen) atoms. The van der Waals surface area contributed by atoms with Gasteiger partial charge in [-0.05, 0) is 28.7 Å². The van der Waals surface area contributed by atoms with Crippen molar-refractivity contribution in [2.24, 2.45) is 0 Å². The van der Waals surface area contributed by atoms with Gasteiger partial charge in [0.2, 0.25) is 5.88 Å². The van der Waals surface area contributed by atoms with E-state index in [0.717, 1.165) is 12.3 Å². The molecule has 2 nitrogen and oxygen atoms in total. The third kappa shape index (κ3) is 3.14. The number of alkyl halides is 5. The van der Waals surface area contributed by atoms with E-state index in [1.165, 1.54) is 22.6 Å². The van der Waals surface area contributed by atoms with E-state index >= 15 is 0 Å². The normalized spacial score (nSPS) is 11.9. The lowest BCUT2D eigenvalue weighted by Gasteiger charge is -2.13. The molecular weight excluding hydrogens is 336 g/mol. The molecule has 1 aromatic heterocycles. The molecule has 0 spiro atoms. The van der Waals surface area contributed by atoms with Crippen LogP contribution in [0.25, 0.3) is 0 Å². The monoisotopic (exact) mass is 339 g/mol. The maximum atomic E-state index is 12.4. The molecule has 1 rings (SSSR count). The predicted molar refractivity (Wildman–Crippen MR) is 48.6 cm³/mol. The zero-order valence-electron chi connectivity index (χ0n) is 6.86. The van der Waals surface area contributed by atoms with Crippen LogP contribution in [0.15, 0.2) is 12.3 Å². The second-order valence-electron chi connectivity index (χ2n) is 2.35. The van der Waals surface area contributed by atoms with Gasteiger partial charge in [-0.3, -0.25) is 0 Å². The Morgan fingerprint density at radius 2 is 1.93 bits per heavy atom. The average Bonchev–Trinajstić information content (AvgIpc) is 1.99. The Balaban J connectivity index is 3.21. The van der Waals surface area contributed by atoms with E-state index in [1.54, 1.807) is 0 Å². The topological polar surface area (TPSA) is 22.1 Å². The smallest absolute Gasteiger partial charge is 0.416 e. The van der Waals surface area contributed by atoms with Crippen LogP contribution in [-0.4, -0.2) is 11.6 Å². The van der Waals surface area contributed by atoms with Crippen LogP contribution >= 0.6 is 22.6 Å². The van der Waals surface area contributed by atoms with E-state index in [2.05, 4.69) is 9.72 Å². The van der Waals surface area contributed by atoms with Gasteiger partial charge in [0, 0.05) is 9.77 Å². The van der Waals surface area contributed by atoms with Gasteiger partial charge in [-0.15, -0.1) is 0 Å². The summed E-state index contributed by atoms with van der Waals surface area (Å²) in [6, 6.07) is 1.06. The molecule has 0 saturated heterocycles. The Bertz CT molecular complexity index is 354. The van der Waals surface area contributed by atoms with E-state index < -0.39 is 24.2 Å². The molecule has 84 valence electrons. The van der Waals surface area contributed by atoms with Gasteiger partial charge < -0.3 is 4.74 Å². The van der Waals surface area contributed by atoms with Crippen molar-refractivity contribution in [1.82, 2.24) is 4.98 Å². The van der Waals surface area contributed by atoms with E-state index in [9.17, 15) is 22.0 Å². The molecule has 0 N–H and O–H groups in total. The molecule has 0 amide bonds. The minimum atomic E-state index is -4.77. The van der Waals surface area contributed by atoms with Crippen LogP contribution in [0.4, 0.5) is 22.0 Å².